The predicted octanol–water partition coefficient (Wildman–Crippen LogP) is 4.99. The maximum atomic E-state index is 5.50. The van der Waals surface area contributed by atoms with Crippen LogP contribution in [0.3, 0.4) is 0 Å². The van der Waals surface area contributed by atoms with Gasteiger partial charge in [-0.25, -0.2) is 4.98 Å². The normalized spacial score (nSPS) is 11.0. The highest BCUT2D eigenvalue weighted by atomic mass is 16.5. The summed E-state index contributed by atoms with van der Waals surface area (Å²) in [7, 11) is 8.74. The fraction of sp³-hybridized carbons (Fsp3) is 0.320. The lowest BCUT2D eigenvalue weighted by molar-refractivity contribution is 0.324. The predicted molar refractivity (Wildman–Crippen MR) is 139 cm³/mol. The molecular weight excluding hydrogens is 446 g/mol. The second-order valence-electron chi connectivity index (χ2n) is 8.42. The van der Waals surface area contributed by atoms with Gasteiger partial charge in [-0.2, -0.15) is 9.97 Å². The van der Waals surface area contributed by atoms with Crippen molar-refractivity contribution >= 4 is 40.0 Å². The van der Waals surface area contributed by atoms with Gasteiger partial charge in [-0.15, -0.1) is 0 Å². The molecule has 2 heterocycles. The van der Waals surface area contributed by atoms with Crippen molar-refractivity contribution in [2.24, 2.45) is 0 Å². The second-order valence-corrected chi connectivity index (χ2v) is 8.42. The molecule has 4 rings (SSSR count). The van der Waals surface area contributed by atoms with E-state index in [-0.39, 0.29) is 6.04 Å². The molecule has 0 saturated heterocycles. The summed E-state index contributed by atoms with van der Waals surface area (Å²) < 4.78 is 18.5. The van der Waals surface area contributed by atoms with Gasteiger partial charge in [-0.3, -0.25) is 0 Å². The number of hydrogen-bond acceptors (Lipinski definition) is 9. The Balaban J connectivity index is 1.80. The van der Waals surface area contributed by atoms with Crippen LogP contribution in [0.1, 0.15) is 19.9 Å². The Morgan fingerprint density at radius 3 is 2.20 bits per heavy atom. The third kappa shape index (κ3) is 4.86. The lowest BCUT2D eigenvalue weighted by atomic mass is 10.2. The van der Waals surface area contributed by atoms with E-state index in [4.69, 9.17) is 24.2 Å². The quantitative estimate of drug-likeness (QED) is 0.345. The smallest absolute Gasteiger partial charge is 0.231 e. The van der Waals surface area contributed by atoms with Crippen LogP contribution in [-0.4, -0.2) is 54.9 Å². The minimum atomic E-state index is 0.175. The molecule has 0 radical (unpaired) electrons. The van der Waals surface area contributed by atoms with E-state index < -0.39 is 0 Å². The summed E-state index contributed by atoms with van der Waals surface area (Å²) in [5.41, 5.74) is 4.03. The first kappa shape index (κ1) is 23.9. The summed E-state index contributed by atoms with van der Waals surface area (Å²) >= 11 is 0. The van der Waals surface area contributed by atoms with Crippen molar-refractivity contribution in [1.82, 2.24) is 19.5 Å². The number of nitrogens with zero attached hydrogens (tertiary/aromatic N) is 5. The van der Waals surface area contributed by atoms with Gasteiger partial charge in [0.1, 0.15) is 0 Å². The Morgan fingerprint density at radius 1 is 0.886 bits per heavy atom. The van der Waals surface area contributed by atoms with Gasteiger partial charge in [0.15, 0.2) is 28.5 Å². The summed E-state index contributed by atoms with van der Waals surface area (Å²) in [6.45, 7) is 4.17. The molecule has 0 saturated carbocycles. The van der Waals surface area contributed by atoms with E-state index in [2.05, 4.69) is 29.5 Å². The van der Waals surface area contributed by atoms with Crippen LogP contribution in [0.15, 0.2) is 42.7 Å². The minimum absolute atomic E-state index is 0.175. The topological polar surface area (TPSA) is 98.6 Å². The van der Waals surface area contributed by atoms with Crippen molar-refractivity contribution in [1.29, 1.82) is 0 Å². The largest absolute Gasteiger partial charge is 0.493 e. The lowest BCUT2D eigenvalue weighted by Gasteiger charge is -2.16. The van der Waals surface area contributed by atoms with Crippen LogP contribution < -0.4 is 29.7 Å². The van der Waals surface area contributed by atoms with Crippen molar-refractivity contribution in [3.8, 4) is 17.2 Å². The van der Waals surface area contributed by atoms with Crippen molar-refractivity contribution in [2.75, 3.05) is 51.0 Å². The minimum Gasteiger partial charge on any atom is -0.493 e. The van der Waals surface area contributed by atoms with Crippen molar-refractivity contribution in [2.45, 2.75) is 19.9 Å². The van der Waals surface area contributed by atoms with Gasteiger partial charge in [0.05, 0.1) is 27.7 Å². The van der Waals surface area contributed by atoms with E-state index in [0.717, 1.165) is 17.0 Å². The zero-order chi connectivity index (χ0) is 25.1. The molecule has 2 N–H and O–H groups in total. The molecule has 0 bridgehead atoms. The molecule has 0 aliphatic rings. The Morgan fingerprint density at radius 2 is 1.60 bits per heavy atom. The fourth-order valence-electron chi connectivity index (χ4n) is 3.72. The zero-order valence-corrected chi connectivity index (χ0v) is 21.1. The van der Waals surface area contributed by atoms with Crippen LogP contribution >= 0.6 is 0 Å². The fourth-order valence-corrected chi connectivity index (χ4v) is 3.72. The number of hydrogen-bond donors (Lipinski definition) is 2. The van der Waals surface area contributed by atoms with Crippen molar-refractivity contribution in [3.05, 3.63) is 42.7 Å². The first-order valence-electron chi connectivity index (χ1n) is 11.2. The van der Waals surface area contributed by atoms with Crippen LogP contribution in [0.25, 0.3) is 11.2 Å². The van der Waals surface area contributed by atoms with Crippen LogP contribution in [0, 0.1) is 0 Å². The maximum Gasteiger partial charge on any atom is 0.231 e. The van der Waals surface area contributed by atoms with E-state index in [1.165, 1.54) is 0 Å². The summed E-state index contributed by atoms with van der Waals surface area (Å²) in [4.78, 5) is 16.2. The lowest BCUT2D eigenvalue weighted by Crippen LogP contribution is -2.09. The Labute approximate surface area is 204 Å². The molecule has 2 aromatic heterocycles. The third-order valence-electron chi connectivity index (χ3n) is 5.52. The molecule has 4 aromatic rings. The average Bonchev–Trinajstić information content (AvgIpc) is 3.28. The molecule has 0 amide bonds. The molecule has 10 nitrogen and oxygen atoms in total. The Hall–Kier alpha value is -4.21. The van der Waals surface area contributed by atoms with Gasteiger partial charge in [0, 0.05) is 49.3 Å². The molecular formula is C25H31N7O3. The van der Waals surface area contributed by atoms with Crippen molar-refractivity contribution < 1.29 is 14.2 Å². The van der Waals surface area contributed by atoms with E-state index in [9.17, 15) is 0 Å². The molecule has 10 heteroatoms. The summed E-state index contributed by atoms with van der Waals surface area (Å²) in [5, 5.41) is 6.70. The zero-order valence-electron chi connectivity index (χ0n) is 21.1. The standard InChI is InChI=1S/C25H31N7O3/c1-15(2)32-14-26-21-23(27-17-12-19(33-5)22(35-7)20(13-17)34-6)29-25(30-24(21)32)28-16-9-8-10-18(11-16)31(3)4/h8-15H,1-7H3,(H2,27,28,29,30). The summed E-state index contributed by atoms with van der Waals surface area (Å²) in [6, 6.07) is 11.9. The Bertz CT molecular complexity index is 1310. The number of methoxy groups -OCH3 is 3. The number of rotatable bonds is 9. The average molecular weight is 478 g/mol. The van der Waals surface area contributed by atoms with Crippen LogP contribution in [0.4, 0.5) is 28.8 Å². The molecule has 35 heavy (non-hydrogen) atoms. The molecule has 0 fully saturated rings. The van der Waals surface area contributed by atoms with Gasteiger partial charge >= 0.3 is 0 Å². The summed E-state index contributed by atoms with van der Waals surface area (Å²) in [5.74, 6) is 2.58. The molecule has 184 valence electrons. The number of benzene rings is 2. The monoisotopic (exact) mass is 477 g/mol. The molecule has 0 aliphatic carbocycles. The van der Waals surface area contributed by atoms with E-state index in [1.54, 1.807) is 27.7 Å². The number of fused-ring (bicyclic) bond motifs is 1. The van der Waals surface area contributed by atoms with E-state index in [1.807, 2.05) is 60.0 Å². The highest BCUT2D eigenvalue weighted by Crippen LogP contribution is 2.41. The molecule has 0 spiro atoms. The van der Waals surface area contributed by atoms with E-state index >= 15 is 0 Å². The van der Waals surface area contributed by atoms with Crippen LogP contribution in [0.2, 0.25) is 0 Å². The number of ether oxygens (including phenoxy) is 3. The first-order valence-corrected chi connectivity index (χ1v) is 11.2. The highest BCUT2D eigenvalue weighted by molar-refractivity contribution is 5.87. The molecule has 0 aliphatic heterocycles. The van der Waals surface area contributed by atoms with Crippen molar-refractivity contribution in [3.63, 3.8) is 0 Å². The maximum absolute atomic E-state index is 5.50. The highest BCUT2D eigenvalue weighted by Gasteiger charge is 2.18. The Kier molecular flexibility index (Phi) is 6.81. The van der Waals surface area contributed by atoms with Gasteiger partial charge in [-0.1, -0.05) is 6.07 Å². The number of imidazole rings is 1. The molecule has 2 aromatic carbocycles. The van der Waals surface area contributed by atoms with E-state index in [0.29, 0.717) is 40.2 Å². The number of nitrogens with one attached hydrogen (secondary N) is 2. The summed E-state index contributed by atoms with van der Waals surface area (Å²) in [6.07, 6.45) is 1.78. The molecule has 0 unspecified atom stereocenters. The van der Waals surface area contributed by atoms with Gasteiger partial charge in [0.25, 0.3) is 0 Å². The molecule has 0 atom stereocenters. The van der Waals surface area contributed by atoms with Gasteiger partial charge in [-0.05, 0) is 32.0 Å². The van der Waals surface area contributed by atoms with Crippen LogP contribution in [0.5, 0.6) is 17.2 Å². The van der Waals surface area contributed by atoms with Gasteiger partial charge < -0.3 is 34.3 Å². The third-order valence-corrected chi connectivity index (χ3v) is 5.52. The van der Waals surface area contributed by atoms with Crippen LogP contribution in [-0.2, 0) is 0 Å². The number of anilines is 5. The first-order chi connectivity index (χ1) is 16.8. The number of aromatic nitrogens is 4. The SMILES string of the molecule is COc1cc(Nc2nc(Nc3cccc(N(C)C)c3)nc3c2ncn3C(C)C)cc(OC)c1OC. The van der Waals surface area contributed by atoms with Gasteiger partial charge in [0.2, 0.25) is 11.7 Å². The second kappa shape index (κ2) is 9.96.